The van der Waals surface area contributed by atoms with Gasteiger partial charge in [0.15, 0.2) is 0 Å². The SMILES string of the molecule is C=C(Cl)CNc1cc2c(cc1N)CCC(=O)N2. The number of fused-ring (bicyclic) bond motifs is 1. The first-order chi connectivity index (χ1) is 8.06. The summed E-state index contributed by atoms with van der Waals surface area (Å²) in [7, 11) is 0. The number of carbonyl (C=O) groups is 1. The molecule has 0 fully saturated rings. The number of amides is 1. The number of anilines is 3. The van der Waals surface area contributed by atoms with E-state index in [0.29, 0.717) is 23.7 Å². The summed E-state index contributed by atoms with van der Waals surface area (Å²) >= 11 is 5.68. The summed E-state index contributed by atoms with van der Waals surface area (Å²) in [4.78, 5) is 11.3. The molecule has 1 amide bonds. The van der Waals surface area contributed by atoms with Gasteiger partial charge in [0.05, 0.1) is 17.9 Å². The summed E-state index contributed by atoms with van der Waals surface area (Å²) in [5.41, 5.74) is 9.21. The second kappa shape index (κ2) is 4.67. The molecule has 90 valence electrons. The highest BCUT2D eigenvalue weighted by atomic mass is 35.5. The standard InChI is InChI=1S/C12H14ClN3O/c1-7(13)6-15-11-5-10-8(4-9(11)14)2-3-12(17)16-10/h4-5,15H,1-3,6,14H2,(H,16,17). The second-order valence-corrected chi connectivity index (χ2v) is 4.55. The molecule has 1 aliphatic rings. The molecule has 1 aromatic carbocycles. The van der Waals surface area contributed by atoms with E-state index in [1.165, 1.54) is 0 Å². The Morgan fingerprint density at radius 2 is 2.29 bits per heavy atom. The van der Waals surface area contributed by atoms with Crippen LogP contribution in [0, 0.1) is 0 Å². The molecule has 0 bridgehead atoms. The lowest BCUT2D eigenvalue weighted by atomic mass is 10.0. The molecule has 0 aromatic heterocycles. The zero-order chi connectivity index (χ0) is 12.4. The fraction of sp³-hybridized carbons (Fsp3) is 0.250. The summed E-state index contributed by atoms with van der Waals surface area (Å²) in [6.07, 6.45) is 1.24. The maximum atomic E-state index is 11.3. The summed E-state index contributed by atoms with van der Waals surface area (Å²) in [5.74, 6) is 0.0370. The molecule has 0 aliphatic carbocycles. The highest BCUT2D eigenvalue weighted by Crippen LogP contribution is 2.31. The number of nitrogens with two attached hydrogens (primary N) is 1. The van der Waals surface area contributed by atoms with Crippen LogP contribution in [0.5, 0.6) is 0 Å². The van der Waals surface area contributed by atoms with Crippen LogP contribution >= 0.6 is 11.6 Å². The van der Waals surface area contributed by atoms with Crippen LogP contribution in [-0.4, -0.2) is 12.5 Å². The van der Waals surface area contributed by atoms with E-state index in [-0.39, 0.29) is 5.91 Å². The van der Waals surface area contributed by atoms with Crippen LogP contribution < -0.4 is 16.4 Å². The molecule has 17 heavy (non-hydrogen) atoms. The third-order valence-corrected chi connectivity index (χ3v) is 2.78. The molecule has 1 heterocycles. The lowest BCUT2D eigenvalue weighted by molar-refractivity contribution is -0.116. The largest absolute Gasteiger partial charge is 0.397 e. The number of hydrogen-bond donors (Lipinski definition) is 3. The first-order valence-electron chi connectivity index (χ1n) is 5.35. The lowest BCUT2D eigenvalue weighted by Crippen LogP contribution is -2.19. The Kier molecular flexibility index (Phi) is 3.24. The Hall–Kier alpha value is -1.68. The fourth-order valence-corrected chi connectivity index (χ4v) is 1.86. The van der Waals surface area contributed by atoms with Crippen molar-refractivity contribution in [1.82, 2.24) is 0 Å². The molecular formula is C12H14ClN3O. The first kappa shape index (κ1) is 11.8. The molecule has 4 nitrogen and oxygen atoms in total. The number of hydrogen-bond acceptors (Lipinski definition) is 3. The molecule has 1 aromatic rings. The lowest BCUT2D eigenvalue weighted by Gasteiger charge is -2.19. The predicted octanol–water partition coefficient (Wildman–Crippen LogP) is 2.32. The third kappa shape index (κ3) is 2.71. The van der Waals surface area contributed by atoms with Gasteiger partial charge in [0.25, 0.3) is 0 Å². The van der Waals surface area contributed by atoms with E-state index in [2.05, 4.69) is 17.2 Å². The van der Waals surface area contributed by atoms with E-state index in [0.717, 1.165) is 23.4 Å². The van der Waals surface area contributed by atoms with E-state index in [4.69, 9.17) is 17.3 Å². The number of nitrogen functional groups attached to an aromatic ring is 1. The zero-order valence-corrected chi connectivity index (χ0v) is 10.1. The van der Waals surface area contributed by atoms with Gasteiger partial charge in [-0.05, 0) is 24.1 Å². The topological polar surface area (TPSA) is 67.1 Å². The van der Waals surface area contributed by atoms with Crippen LogP contribution in [0.25, 0.3) is 0 Å². The normalized spacial score (nSPS) is 13.8. The van der Waals surface area contributed by atoms with Crippen molar-refractivity contribution < 1.29 is 4.79 Å². The van der Waals surface area contributed by atoms with Crippen LogP contribution in [0.4, 0.5) is 17.1 Å². The molecule has 0 atom stereocenters. The maximum absolute atomic E-state index is 11.3. The molecule has 0 saturated carbocycles. The monoisotopic (exact) mass is 251 g/mol. The van der Waals surface area contributed by atoms with E-state index < -0.39 is 0 Å². The van der Waals surface area contributed by atoms with Gasteiger partial charge in [0, 0.05) is 17.1 Å². The van der Waals surface area contributed by atoms with Crippen LogP contribution in [0.2, 0.25) is 0 Å². The Bertz CT molecular complexity index is 485. The molecular weight excluding hydrogens is 238 g/mol. The quantitative estimate of drug-likeness (QED) is 0.723. The minimum absolute atomic E-state index is 0.0370. The summed E-state index contributed by atoms with van der Waals surface area (Å²) in [6.45, 7) is 4.03. The van der Waals surface area contributed by atoms with Crippen molar-refractivity contribution in [2.45, 2.75) is 12.8 Å². The third-order valence-electron chi connectivity index (χ3n) is 2.64. The number of halogens is 1. The first-order valence-corrected chi connectivity index (χ1v) is 5.73. The highest BCUT2D eigenvalue weighted by molar-refractivity contribution is 6.29. The van der Waals surface area contributed by atoms with Gasteiger partial charge in [-0.25, -0.2) is 0 Å². The summed E-state index contributed by atoms with van der Waals surface area (Å²) in [6, 6.07) is 3.72. The minimum atomic E-state index is 0.0370. The number of rotatable bonds is 3. The van der Waals surface area contributed by atoms with E-state index >= 15 is 0 Å². The Balaban J connectivity index is 2.25. The van der Waals surface area contributed by atoms with Gasteiger partial charge in [0.1, 0.15) is 0 Å². The van der Waals surface area contributed by atoms with Crippen molar-refractivity contribution in [3.05, 3.63) is 29.3 Å². The highest BCUT2D eigenvalue weighted by Gasteiger charge is 2.16. The number of benzene rings is 1. The Labute approximate surface area is 105 Å². The maximum Gasteiger partial charge on any atom is 0.224 e. The van der Waals surface area contributed by atoms with Crippen molar-refractivity contribution in [1.29, 1.82) is 0 Å². The molecule has 0 saturated heterocycles. The van der Waals surface area contributed by atoms with Crippen molar-refractivity contribution >= 4 is 34.6 Å². The molecule has 0 spiro atoms. The smallest absolute Gasteiger partial charge is 0.224 e. The minimum Gasteiger partial charge on any atom is -0.397 e. The second-order valence-electron chi connectivity index (χ2n) is 4.02. The van der Waals surface area contributed by atoms with Crippen molar-refractivity contribution in [3.63, 3.8) is 0 Å². The Morgan fingerprint density at radius 3 is 3.00 bits per heavy atom. The van der Waals surface area contributed by atoms with Gasteiger partial charge in [-0.15, -0.1) is 0 Å². The van der Waals surface area contributed by atoms with Crippen LogP contribution in [0.15, 0.2) is 23.7 Å². The fourth-order valence-electron chi connectivity index (χ4n) is 1.79. The van der Waals surface area contributed by atoms with Crippen molar-refractivity contribution in [2.75, 3.05) is 22.9 Å². The number of carbonyl (C=O) groups excluding carboxylic acids is 1. The van der Waals surface area contributed by atoms with Gasteiger partial charge in [-0.2, -0.15) is 0 Å². The van der Waals surface area contributed by atoms with Crippen LogP contribution in [0.3, 0.4) is 0 Å². The predicted molar refractivity (Wildman–Crippen MR) is 71.3 cm³/mol. The Morgan fingerprint density at radius 1 is 1.53 bits per heavy atom. The molecule has 2 rings (SSSR count). The van der Waals surface area contributed by atoms with E-state index in [1.54, 1.807) is 0 Å². The van der Waals surface area contributed by atoms with Crippen molar-refractivity contribution in [2.24, 2.45) is 0 Å². The van der Waals surface area contributed by atoms with Crippen molar-refractivity contribution in [3.8, 4) is 0 Å². The van der Waals surface area contributed by atoms with Crippen LogP contribution in [0.1, 0.15) is 12.0 Å². The molecule has 4 N–H and O–H groups in total. The average Bonchev–Trinajstić information content (AvgIpc) is 2.26. The number of aryl methyl sites for hydroxylation is 1. The molecule has 0 unspecified atom stereocenters. The number of nitrogens with one attached hydrogen (secondary N) is 2. The van der Waals surface area contributed by atoms with Gasteiger partial charge in [0.2, 0.25) is 5.91 Å². The summed E-state index contributed by atoms with van der Waals surface area (Å²) < 4.78 is 0. The average molecular weight is 252 g/mol. The molecule has 1 aliphatic heterocycles. The van der Waals surface area contributed by atoms with E-state index in [1.807, 2.05) is 12.1 Å². The summed E-state index contributed by atoms with van der Waals surface area (Å²) in [5, 5.41) is 6.40. The van der Waals surface area contributed by atoms with Gasteiger partial charge < -0.3 is 16.4 Å². The molecule has 5 heteroatoms. The molecule has 0 radical (unpaired) electrons. The van der Waals surface area contributed by atoms with Crippen LogP contribution in [-0.2, 0) is 11.2 Å². The van der Waals surface area contributed by atoms with Gasteiger partial charge in [-0.1, -0.05) is 18.2 Å². The van der Waals surface area contributed by atoms with Gasteiger partial charge in [-0.3, -0.25) is 4.79 Å². The van der Waals surface area contributed by atoms with E-state index in [9.17, 15) is 4.79 Å². The zero-order valence-electron chi connectivity index (χ0n) is 9.35. The van der Waals surface area contributed by atoms with Gasteiger partial charge >= 0.3 is 0 Å².